The predicted octanol–water partition coefficient (Wildman–Crippen LogP) is 4.06. The van der Waals surface area contributed by atoms with Gasteiger partial charge in [-0.3, -0.25) is 9.97 Å². The first-order valence-electron chi connectivity index (χ1n) is 4.54. The Balaban J connectivity index is 0.000000171. The minimum absolute atomic E-state index is 0.111. The molecular formula is C11H8Cl2F2N2. The fourth-order valence-corrected chi connectivity index (χ4v) is 1.17. The van der Waals surface area contributed by atoms with Crippen LogP contribution in [0, 0.1) is 18.6 Å². The molecule has 0 aromatic carbocycles. The Morgan fingerprint density at radius 3 is 2.12 bits per heavy atom. The standard InChI is InChI=1S/C6H5ClFN.C5H3ClFN/c1-4-6(8)5(7)2-3-9-4;6-4-1-2-8-3-5(4)7/h2-3H,1H3;1-3H. The first-order chi connectivity index (χ1) is 8.02. The van der Waals surface area contributed by atoms with Crippen molar-refractivity contribution in [2.45, 2.75) is 6.92 Å². The molecule has 2 nitrogen and oxygen atoms in total. The molecule has 0 saturated heterocycles. The minimum Gasteiger partial charge on any atom is -0.262 e. The van der Waals surface area contributed by atoms with Gasteiger partial charge in [0.05, 0.1) is 21.9 Å². The van der Waals surface area contributed by atoms with Gasteiger partial charge in [0.15, 0.2) is 11.6 Å². The van der Waals surface area contributed by atoms with Crippen LogP contribution in [0.15, 0.2) is 30.7 Å². The number of aromatic nitrogens is 2. The maximum Gasteiger partial charge on any atom is 0.162 e. The molecule has 0 fully saturated rings. The highest BCUT2D eigenvalue weighted by Crippen LogP contribution is 2.13. The van der Waals surface area contributed by atoms with Crippen LogP contribution in [0.5, 0.6) is 0 Å². The molecule has 0 radical (unpaired) electrons. The third-order valence-electron chi connectivity index (χ3n) is 1.74. The molecule has 0 saturated carbocycles. The Bertz CT molecular complexity index is 465. The SMILES string of the molecule is Cc1nccc(Cl)c1F.Fc1cnccc1Cl. The van der Waals surface area contributed by atoms with E-state index in [4.69, 9.17) is 23.2 Å². The molecular weight excluding hydrogens is 269 g/mol. The minimum atomic E-state index is -0.478. The van der Waals surface area contributed by atoms with Gasteiger partial charge in [0, 0.05) is 12.4 Å². The van der Waals surface area contributed by atoms with E-state index in [-0.39, 0.29) is 10.0 Å². The molecule has 0 aliphatic rings. The maximum atomic E-state index is 12.5. The van der Waals surface area contributed by atoms with Gasteiger partial charge in [-0.15, -0.1) is 0 Å². The molecule has 0 bridgehead atoms. The van der Waals surface area contributed by atoms with Crippen molar-refractivity contribution >= 4 is 23.2 Å². The lowest BCUT2D eigenvalue weighted by atomic mass is 10.4. The Morgan fingerprint density at radius 1 is 1.06 bits per heavy atom. The van der Waals surface area contributed by atoms with Crippen LogP contribution in [0.3, 0.4) is 0 Å². The van der Waals surface area contributed by atoms with Gasteiger partial charge in [0.1, 0.15) is 0 Å². The first kappa shape index (κ1) is 13.8. The zero-order valence-electron chi connectivity index (χ0n) is 8.79. The Kier molecular flexibility index (Phi) is 5.25. The van der Waals surface area contributed by atoms with E-state index in [9.17, 15) is 8.78 Å². The summed E-state index contributed by atoms with van der Waals surface area (Å²) >= 11 is 10.7. The number of halogens is 4. The summed E-state index contributed by atoms with van der Waals surface area (Å²) in [4.78, 5) is 7.17. The second kappa shape index (κ2) is 6.47. The summed E-state index contributed by atoms with van der Waals surface area (Å²) in [6.07, 6.45) is 3.98. The molecule has 0 atom stereocenters. The van der Waals surface area contributed by atoms with E-state index in [0.29, 0.717) is 5.69 Å². The van der Waals surface area contributed by atoms with E-state index in [2.05, 4.69) is 9.97 Å². The second-order valence-electron chi connectivity index (χ2n) is 2.98. The van der Waals surface area contributed by atoms with E-state index >= 15 is 0 Å². The highest BCUT2D eigenvalue weighted by molar-refractivity contribution is 6.30. The molecule has 0 spiro atoms. The van der Waals surface area contributed by atoms with Crippen molar-refractivity contribution in [3.8, 4) is 0 Å². The van der Waals surface area contributed by atoms with Crippen molar-refractivity contribution in [2.75, 3.05) is 0 Å². The number of rotatable bonds is 0. The van der Waals surface area contributed by atoms with Crippen LogP contribution in [0.1, 0.15) is 5.69 Å². The van der Waals surface area contributed by atoms with Crippen LogP contribution in [-0.4, -0.2) is 9.97 Å². The van der Waals surface area contributed by atoms with E-state index < -0.39 is 11.6 Å². The molecule has 0 amide bonds. The van der Waals surface area contributed by atoms with Crippen molar-refractivity contribution in [3.05, 3.63) is 58.1 Å². The summed E-state index contributed by atoms with van der Waals surface area (Å²) < 4.78 is 24.7. The molecule has 0 aliphatic carbocycles. The smallest absolute Gasteiger partial charge is 0.162 e. The molecule has 6 heteroatoms. The number of hydrogen-bond donors (Lipinski definition) is 0. The number of aryl methyl sites for hydroxylation is 1. The van der Waals surface area contributed by atoms with Gasteiger partial charge in [0.25, 0.3) is 0 Å². The molecule has 17 heavy (non-hydrogen) atoms. The zero-order chi connectivity index (χ0) is 12.8. The van der Waals surface area contributed by atoms with E-state index in [0.717, 1.165) is 6.20 Å². The molecule has 0 N–H and O–H groups in total. The number of hydrogen-bond acceptors (Lipinski definition) is 2. The second-order valence-corrected chi connectivity index (χ2v) is 3.80. The molecule has 2 heterocycles. The Labute approximate surface area is 107 Å². The lowest BCUT2D eigenvalue weighted by Crippen LogP contribution is -1.85. The third-order valence-corrected chi connectivity index (χ3v) is 2.34. The van der Waals surface area contributed by atoms with E-state index in [1.165, 1.54) is 24.5 Å². The van der Waals surface area contributed by atoms with E-state index in [1.807, 2.05) is 0 Å². The quantitative estimate of drug-likeness (QED) is 0.725. The zero-order valence-corrected chi connectivity index (χ0v) is 10.3. The average Bonchev–Trinajstić information content (AvgIpc) is 2.31. The third kappa shape index (κ3) is 4.24. The summed E-state index contributed by atoms with van der Waals surface area (Å²) in [5.74, 6) is -0.909. The number of nitrogens with zero attached hydrogens (tertiary/aromatic N) is 2. The molecule has 2 rings (SSSR count). The lowest BCUT2D eigenvalue weighted by Gasteiger charge is -1.93. The highest BCUT2D eigenvalue weighted by atomic mass is 35.5. The summed E-state index contributed by atoms with van der Waals surface area (Å²) in [6.45, 7) is 1.57. The normalized spacial score (nSPS) is 9.47. The summed E-state index contributed by atoms with van der Waals surface area (Å²) in [6, 6.07) is 2.82. The fraction of sp³-hybridized carbons (Fsp3) is 0.0909. The molecule has 2 aromatic rings. The van der Waals surface area contributed by atoms with Crippen LogP contribution < -0.4 is 0 Å². The van der Waals surface area contributed by atoms with Gasteiger partial charge < -0.3 is 0 Å². The van der Waals surface area contributed by atoms with Crippen LogP contribution in [0.25, 0.3) is 0 Å². The van der Waals surface area contributed by atoms with Crippen LogP contribution in [0.2, 0.25) is 10.0 Å². The van der Waals surface area contributed by atoms with Crippen LogP contribution in [0.4, 0.5) is 8.78 Å². The van der Waals surface area contributed by atoms with Gasteiger partial charge in [-0.25, -0.2) is 8.78 Å². The molecule has 0 unspecified atom stereocenters. The molecule has 2 aromatic heterocycles. The first-order valence-corrected chi connectivity index (χ1v) is 5.29. The molecule has 90 valence electrons. The van der Waals surface area contributed by atoms with E-state index in [1.54, 1.807) is 6.92 Å². The summed E-state index contributed by atoms with van der Waals surface area (Å²) in [5.41, 5.74) is 0.336. The van der Waals surface area contributed by atoms with Crippen molar-refractivity contribution in [2.24, 2.45) is 0 Å². The topological polar surface area (TPSA) is 25.8 Å². The van der Waals surface area contributed by atoms with Crippen molar-refractivity contribution in [3.63, 3.8) is 0 Å². The maximum absolute atomic E-state index is 12.5. The van der Waals surface area contributed by atoms with Gasteiger partial charge in [-0.1, -0.05) is 23.2 Å². The summed E-state index contributed by atoms with van der Waals surface area (Å²) in [7, 11) is 0. The monoisotopic (exact) mass is 276 g/mol. The van der Waals surface area contributed by atoms with Crippen molar-refractivity contribution in [1.82, 2.24) is 9.97 Å². The van der Waals surface area contributed by atoms with Gasteiger partial charge in [0.2, 0.25) is 0 Å². The fourth-order valence-electron chi connectivity index (χ4n) is 0.875. The van der Waals surface area contributed by atoms with Gasteiger partial charge >= 0.3 is 0 Å². The molecule has 0 aliphatic heterocycles. The number of pyridine rings is 2. The largest absolute Gasteiger partial charge is 0.262 e. The predicted molar refractivity (Wildman–Crippen MR) is 63.1 cm³/mol. The van der Waals surface area contributed by atoms with Crippen molar-refractivity contribution < 1.29 is 8.78 Å². The summed E-state index contributed by atoms with van der Waals surface area (Å²) in [5, 5.41) is 0.238. The average molecular weight is 277 g/mol. The Morgan fingerprint density at radius 2 is 1.71 bits per heavy atom. The van der Waals surface area contributed by atoms with Crippen molar-refractivity contribution in [1.29, 1.82) is 0 Å². The Hall–Kier alpha value is -1.26. The van der Waals surface area contributed by atoms with Crippen LogP contribution in [-0.2, 0) is 0 Å². The van der Waals surface area contributed by atoms with Crippen LogP contribution >= 0.6 is 23.2 Å². The van der Waals surface area contributed by atoms with Gasteiger partial charge in [-0.05, 0) is 19.1 Å². The van der Waals surface area contributed by atoms with Gasteiger partial charge in [-0.2, -0.15) is 0 Å². The highest BCUT2D eigenvalue weighted by Gasteiger charge is 2.00. The lowest BCUT2D eigenvalue weighted by molar-refractivity contribution is 0.610.